The number of carbonyl (C=O) groups excluding carboxylic acids is 1. The lowest BCUT2D eigenvalue weighted by Gasteiger charge is -2.19. The number of nitrogens with one attached hydrogen (secondary N) is 1. The monoisotopic (exact) mass is 287 g/mol. The fourth-order valence-electron chi connectivity index (χ4n) is 2.61. The SMILES string of the molecule is COC(=O)NC1CCN(c2nc(N)nc3ccccc23)C1. The zero-order chi connectivity index (χ0) is 14.8. The molecule has 0 spiro atoms. The quantitative estimate of drug-likeness (QED) is 0.860. The van der Waals surface area contributed by atoms with Crippen LogP contribution < -0.4 is 16.0 Å². The molecule has 1 aliphatic heterocycles. The number of nitrogens with zero attached hydrogens (tertiary/aromatic N) is 3. The summed E-state index contributed by atoms with van der Waals surface area (Å²) in [6.45, 7) is 1.48. The summed E-state index contributed by atoms with van der Waals surface area (Å²) in [5, 5.41) is 3.78. The van der Waals surface area contributed by atoms with Crippen LogP contribution in [0.3, 0.4) is 0 Å². The summed E-state index contributed by atoms with van der Waals surface area (Å²) in [4.78, 5) is 22.0. The minimum absolute atomic E-state index is 0.0485. The second-order valence-electron chi connectivity index (χ2n) is 4.99. The second-order valence-corrected chi connectivity index (χ2v) is 4.99. The molecule has 21 heavy (non-hydrogen) atoms. The Morgan fingerprint density at radius 3 is 3.05 bits per heavy atom. The van der Waals surface area contributed by atoms with E-state index >= 15 is 0 Å². The van der Waals surface area contributed by atoms with Crippen molar-refractivity contribution in [1.29, 1.82) is 0 Å². The topological polar surface area (TPSA) is 93.4 Å². The van der Waals surface area contributed by atoms with Gasteiger partial charge in [0.1, 0.15) is 5.82 Å². The van der Waals surface area contributed by atoms with Crippen molar-refractivity contribution < 1.29 is 9.53 Å². The van der Waals surface area contributed by atoms with E-state index in [2.05, 4.69) is 24.9 Å². The van der Waals surface area contributed by atoms with Crippen molar-refractivity contribution in [3.05, 3.63) is 24.3 Å². The number of nitrogen functional groups attached to an aromatic ring is 1. The van der Waals surface area contributed by atoms with E-state index in [4.69, 9.17) is 5.73 Å². The Morgan fingerprint density at radius 1 is 1.43 bits per heavy atom. The fourth-order valence-corrected chi connectivity index (χ4v) is 2.61. The van der Waals surface area contributed by atoms with Crippen molar-refractivity contribution in [2.45, 2.75) is 12.5 Å². The van der Waals surface area contributed by atoms with Crippen LogP contribution >= 0.6 is 0 Å². The average molecular weight is 287 g/mol. The number of hydrogen-bond acceptors (Lipinski definition) is 6. The number of rotatable bonds is 2. The minimum atomic E-state index is -0.408. The lowest BCUT2D eigenvalue weighted by molar-refractivity contribution is 0.167. The zero-order valence-electron chi connectivity index (χ0n) is 11.7. The van der Waals surface area contributed by atoms with E-state index in [1.54, 1.807) is 0 Å². The number of ether oxygens (including phenoxy) is 1. The highest BCUT2D eigenvalue weighted by molar-refractivity contribution is 5.90. The maximum atomic E-state index is 11.3. The normalized spacial score (nSPS) is 18.0. The molecule has 1 aromatic carbocycles. The minimum Gasteiger partial charge on any atom is -0.453 e. The third-order valence-electron chi connectivity index (χ3n) is 3.60. The molecule has 1 unspecified atom stereocenters. The molecular weight excluding hydrogens is 270 g/mol. The number of benzene rings is 1. The highest BCUT2D eigenvalue weighted by Crippen LogP contribution is 2.27. The van der Waals surface area contributed by atoms with Crippen LogP contribution in [0.2, 0.25) is 0 Å². The smallest absolute Gasteiger partial charge is 0.407 e. The number of amides is 1. The molecule has 7 nitrogen and oxygen atoms in total. The van der Waals surface area contributed by atoms with E-state index in [1.807, 2.05) is 24.3 Å². The number of para-hydroxylation sites is 1. The first-order valence-corrected chi connectivity index (χ1v) is 6.79. The van der Waals surface area contributed by atoms with Gasteiger partial charge in [-0.2, -0.15) is 4.98 Å². The molecule has 110 valence electrons. The Labute approximate surface area is 122 Å². The molecule has 0 aliphatic carbocycles. The van der Waals surface area contributed by atoms with Gasteiger partial charge < -0.3 is 20.7 Å². The molecule has 1 saturated heterocycles. The molecule has 0 saturated carbocycles. The van der Waals surface area contributed by atoms with Gasteiger partial charge in [-0.1, -0.05) is 12.1 Å². The molecular formula is C14H17N5O2. The van der Waals surface area contributed by atoms with Crippen LogP contribution in [0.5, 0.6) is 0 Å². The maximum absolute atomic E-state index is 11.3. The third-order valence-corrected chi connectivity index (χ3v) is 3.60. The number of nitrogens with two attached hydrogens (primary N) is 1. The number of anilines is 2. The summed E-state index contributed by atoms with van der Waals surface area (Å²) >= 11 is 0. The Morgan fingerprint density at radius 2 is 2.24 bits per heavy atom. The van der Waals surface area contributed by atoms with Crippen LogP contribution in [0.4, 0.5) is 16.6 Å². The van der Waals surface area contributed by atoms with Crippen molar-refractivity contribution in [3.8, 4) is 0 Å². The highest BCUT2D eigenvalue weighted by atomic mass is 16.5. The van der Waals surface area contributed by atoms with E-state index in [-0.39, 0.29) is 12.0 Å². The number of hydrogen-bond donors (Lipinski definition) is 2. The maximum Gasteiger partial charge on any atom is 0.407 e. The van der Waals surface area contributed by atoms with Crippen LogP contribution in [0.25, 0.3) is 10.9 Å². The van der Waals surface area contributed by atoms with Gasteiger partial charge in [0.25, 0.3) is 0 Å². The number of methoxy groups -OCH3 is 1. The molecule has 3 N–H and O–H groups in total. The highest BCUT2D eigenvalue weighted by Gasteiger charge is 2.26. The predicted molar refractivity (Wildman–Crippen MR) is 80.1 cm³/mol. The van der Waals surface area contributed by atoms with Crippen molar-refractivity contribution in [1.82, 2.24) is 15.3 Å². The molecule has 1 aliphatic rings. The molecule has 3 rings (SSSR count). The molecule has 7 heteroatoms. The van der Waals surface area contributed by atoms with Crippen LogP contribution in [-0.2, 0) is 4.74 Å². The van der Waals surface area contributed by atoms with Gasteiger partial charge >= 0.3 is 6.09 Å². The summed E-state index contributed by atoms with van der Waals surface area (Å²) in [7, 11) is 1.36. The average Bonchev–Trinajstić information content (AvgIpc) is 2.94. The molecule has 2 aromatic rings. The van der Waals surface area contributed by atoms with Crippen LogP contribution in [0, 0.1) is 0 Å². The Balaban J connectivity index is 1.86. The van der Waals surface area contributed by atoms with E-state index in [9.17, 15) is 4.79 Å². The molecule has 1 fully saturated rings. The van der Waals surface area contributed by atoms with E-state index in [1.165, 1.54) is 7.11 Å². The summed E-state index contributed by atoms with van der Waals surface area (Å²) in [6.07, 6.45) is 0.432. The van der Waals surface area contributed by atoms with Gasteiger partial charge in [0.15, 0.2) is 0 Å². The first kappa shape index (κ1) is 13.4. The van der Waals surface area contributed by atoms with Crippen molar-refractivity contribution in [2.75, 3.05) is 30.8 Å². The fraction of sp³-hybridized carbons (Fsp3) is 0.357. The summed E-state index contributed by atoms with van der Waals surface area (Å²) < 4.78 is 4.63. The van der Waals surface area contributed by atoms with E-state index < -0.39 is 6.09 Å². The Bertz CT molecular complexity index is 675. The number of alkyl carbamates (subject to hydrolysis) is 1. The number of aromatic nitrogens is 2. The molecule has 2 heterocycles. The van der Waals surface area contributed by atoms with Crippen LogP contribution in [0.1, 0.15) is 6.42 Å². The molecule has 1 aromatic heterocycles. The number of fused-ring (bicyclic) bond motifs is 1. The largest absolute Gasteiger partial charge is 0.453 e. The van der Waals surface area contributed by atoms with E-state index in [0.29, 0.717) is 6.54 Å². The predicted octanol–water partition coefficient (Wildman–Crippen LogP) is 1.15. The van der Waals surface area contributed by atoms with E-state index in [0.717, 1.165) is 29.7 Å². The standard InChI is InChI=1S/C14H17N5O2/c1-21-14(20)16-9-6-7-19(8-9)12-10-4-2-3-5-11(10)17-13(15)18-12/h2-5,9H,6-8H2,1H3,(H,16,20)(H2,15,17,18). The van der Waals surface area contributed by atoms with Crippen molar-refractivity contribution in [3.63, 3.8) is 0 Å². The van der Waals surface area contributed by atoms with Crippen molar-refractivity contribution >= 4 is 28.8 Å². The first-order chi connectivity index (χ1) is 10.2. The first-order valence-electron chi connectivity index (χ1n) is 6.79. The Hall–Kier alpha value is -2.57. The lowest BCUT2D eigenvalue weighted by Crippen LogP contribution is -2.37. The lowest BCUT2D eigenvalue weighted by atomic mass is 10.2. The summed E-state index contributed by atoms with van der Waals surface area (Å²) in [5.74, 6) is 1.07. The second kappa shape index (κ2) is 5.43. The van der Waals surface area contributed by atoms with Gasteiger partial charge in [-0.15, -0.1) is 0 Å². The summed E-state index contributed by atoms with van der Waals surface area (Å²) in [5.41, 5.74) is 6.61. The third kappa shape index (κ3) is 2.67. The number of carbonyl (C=O) groups is 1. The van der Waals surface area contributed by atoms with Crippen LogP contribution in [-0.4, -0.2) is 42.3 Å². The zero-order valence-corrected chi connectivity index (χ0v) is 11.7. The molecule has 1 atom stereocenters. The van der Waals surface area contributed by atoms with Gasteiger partial charge in [0, 0.05) is 18.5 Å². The van der Waals surface area contributed by atoms with Gasteiger partial charge in [0.05, 0.1) is 18.7 Å². The van der Waals surface area contributed by atoms with Gasteiger partial charge in [-0.25, -0.2) is 9.78 Å². The van der Waals surface area contributed by atoms with Gasteiger partial charge in [-0.05, 0) is 18.6 Å². The van der Waals surface area contributed by atoms with Crippen LogP contribution in [0.15, 0.2) is 24.3 Å². The Kier molecular flexibility index (Phi) is 3.47. The van der Waals surface area contributed by atoms with Gasteiger partial charge in [-0.3, -0.25) is 0 Å². The van der Waals surface area contributed by atoms with Crippen molar-refractivity contribution in [2.24, 2.45) is 0 Å². The molecule has 1 amide bonds. The summed E-state index contributed by atoms with van der Waals surface area (Å²) in [6, 6.07) is 7.81. The molecule has 0 bridgehead atoms. The van der Waals surface area contributed by atoms with Gasteiger partial charge in [0.2, 0.25) is 5.95 Å². The molecule has 0 radical (unpaired) electrons.